The second kappa shape index (κ2) is 8.53. The standard InChI is InChI=1S/C16H21F4N3O3S/c17-14-5-4-12(9-13(14)16(18,19)20)27(25,26)22-6-2-8-23-7-1-3-11(10-23)15(21)24/h4-5,9,11,22H,1-3,6-8,10H2,(H2,21,24). The highest BCUT2D eigenvalue weighted by molar-refractivity contribution is 7.89. The van der Waals surface area contributed by atoms with Crippen molar-refractivity contribution in [1.29, 1.82) is 0 Å². The minimum absolute atomic E-state index is 0.00119. The van der Waals surface area contributed by atoms with E-state index < -0.39 is 32.5 Å². The van der Waals surface area contributed by atoms with Crippen LogP contribution in [0.2, 0.25) is 0 Å². The van der Waals surface area contributed by atoms with Crippen LogP contribution in [-0.2, 0) is 21.0 Å². The molecule has 2 rings (SSSR count). The molecule has 1 heterocycles. The van der Waals surface area contributed by atoms with Crippen LogP contribution in [0.25, 0.3) is 0 Å². The number of halogens is 4. The first-order chi connectivity index (χ1) is 12.5. The first kappa shape index (κ1) is 21.6. The topological polar surface area (TPSA) is 92.5 Å². The van der Waals surface area contributed by atoms with Crippen molar-refractivity contribution in [3.63, 3.8) is 0 Å². The smallest absolute Gasteiger partial charge is 0.369 e. The van der Waals surface area contributed by atoms with Gasteiger partial charge >= 0.3 is 6.18 Å². The van der Waals surface area contributed by atoms with Crippen molar-refractivity contribution in [2.24, 2.45) is 11.7 Å². The Kier molecular flexibility index (Phi) is 6.82. The number of nitrogens with two attached hydrogens (primary N) is 1. The summed E-state index contributed by atoms with van der Waals surface area (Å²) >= 11 is 0. The molecule has 0 radical (unpaired) electrons. The van der Waals surface area contributed by atoms with E-state index in [-0.39, 0.29) is 24.4 Å². The van der Waals surface area contributed by atoms with Crippen molar-refractivity contribution < 1.29 is 30.8 Å². The van der Waals surface area contributed by atoms with Gasteiger partial charge in [0.1, 0.15) is 5.82 Å². The van der Waals surface area contributed by atoms with Gasteiger partial charge in [-0.15, -0.1) is 0 Å². The molecule has 1 aliphatic rings. The zero-order chi connectivity index (χ0) is 20.2. The third kappa shape index (κ3) is 5.88. The van der Waals surface area contributed by atoms with Crippen LogP contribution in [0.3, 0.4) is 0 Å². The van der Waals surface area contributed by atoms with Crippen LogP contribution in [0.15, 0.2) is 23.1 Å². The first-order valence-electron chi connectivity index (χ1n) is 8.39. The van der Waals surface area contributed by atoms with Gasteiger partial charge in [-0.05, 0) is 50.6 Å². The van der Waals surface area contributed by atoms with Gasteiger partial charge in [-0.2, -0.15) is 13.2 Å². The Bertz CT molecular complexity index is 784. The molecular weight excluding hydrogens is 390 g/mol. The lowest BCUT2D eigenvalue weighted by atomic mass is 9.97. The van der Waals surface area contributed by atoms with E-state index in [1.165, 1.54) is 0 Å². The zero-order valence-corrected chi connectivity index (χ0v) is 15.2. The van der Waals surface area contributed by atoms with Crippen molar-refractivity contribution in [3.05, 3.63) is 29.6 Å². The summed E-state index contributed by atoms with van der Waals surface area (Å²) in [5, 5.41) is 0. The van der Waals surface area contributed by atoms with E-state index >= 15 is 0 Å². The minimum atomic E-state index is -4.99. The first-order valence-corrected chi connectivity index (χ1v) is 9.87. The number of rotatable bonds is 7. The Morgan fingerprint density at radius 3 is 2.67 bits per heavy atom. The summed E-state index contributed by atoms with van der Waals surface area (Å²) in [7, 11) is -4.20. The molecule has 0 aromatic heterocycles. The number of hydrogen-bond donors (Lipinski definition) is 2. The Labute approximate surface area is 154 Å². The van der Waals surface area contributed by atoms with Crippen molar-refractivity contribution >= 4 is 15.9 Å². The predicted molar refractivity (Wildman–Crippen MR) is 89.6 cm³/mol. The number of carbonyl (C=O) groups excluding carboxylic acids is 1. The van der Waals surface area contributed by atoms with Gasteiger partial charge in [0.25, 0.3) is 0 Å². The molecule has 0 aliphatic carbocycles. The third-order valence-electron chi connectivity index (χ3n) is 4.40. The number of carbonyl (C=O) groups is 1. The number of likely N-dealkylation sites (tertiary alicyclic amines) is 1. The van der Waals surface area contributed by atoms with Crippen LogP contribution in [0, 0.1) is 11.7 Å². The predicted octanol–water partition coefficient (Wildman–Crippen LogP) is 1.71. The summed E-state index contributed by atoms with van der Waals surface area (Å²) in [6, 6.07) is 1.55. The molecule has 6 nitrogen and oxygen atoms in total. The number of sulfonamides is 1. The highest BCUT2D eigenvalue weighted by Crippen LogP contribution is 2.32. The van der Waals surface area contributed by atoms with Crippen molar-refractivity contribution in [2.75, 3.05) is 26.2 Å². The van der Waals surface area contributed by atoms with E-state index in [9.17, 15) is 30.8 Å². The van der Waals surface area contributed by atoms with Gasteiger partial charge in [0.05, 0.1) is 16.4 Å². The van der Waals surface area contributed by atoms with Gasteiger partial charge in [0.15, 0.2) is 0 Å². The fourth-order valence-electron chi connectivity index (χ4n) is 2.97. The fourth-order valence-corrected chi connectivity index (χ4v) is 4.07. The number of nitrogens with zero attached hydrogens (tertiary/aromatic N) is 1. The van der Waals surface area contributed by atoms with Gasteiger partial charge in [0.2, 0.25) is 15.9 Å². The van der Waals surface area contributed by atoms with Crippen molar-refractivity contribution in [1.82, 2.24) is 9.62 Å². The zero-order valence-electron chi connectivity index (χ0n) is 14.4. The maximum atomic E-state index is 13.3. The monoisotopic (exact) mass is 411 g/mol. The second-order valence-electron chi connectivity index (χ2n) is 6.43. The Morgan fingerprint density at radius 2 is 2.04 bits per heavy atom. The molecule has 1 unspecified atom stereocenters. The van der Waals surface area contributed by atoms with E-state index in [1.54, 1.807) is 0 Å². The highest BCUT2D eigenvalue weighted by atomic mass is 32.2. The summed E-state index contributed by atoms with van der Waals surface area (Å²) in [6.45, 7) is 1.79. The van der Waals surface area contributed by atoms with Crippen molar-refractivity contribution in [2.45, 2.75) is 30.3 Å². The number of primary amides is 1. The maximum absolute atomic E-state index is 13.3. The highest BCUT2D eigenvalue weighted by Gasteiger charge is 2.35. The molecule has 1 saturated heterocycles. The van der Waals surface area contributed by atoms with Gasteiger partial charge in [-0.1, -0.05) is 0 Å². The molecule has 0 bridgehead atoms. The van der Waals surface area contributed by atoms with Crippen LogP contribution < -0.4 is 10.5 Å². The number of alkyl halides is 3. The number of piperidine rings is 1. The molecule has 152 valence electrons. The van der Waals surface area contributed by atoms with E-state index in [0.717, 1.165) is 25.5 Å². The summed E-state index contributed by atoms with van der Waals surface area (Å²) < 4.78 is 77.9. The number of benzene rings is 1. The molecule has 1 aromatic rings. The van der Waals surface area contributed by atoms with E-state index in [1.807, 2.05) is 4.90 Å². The minimum Gasteiger partial charge on any atom is -0.369 e. The number of amides is 1. The SMILES string of the molecule is NC(=O)C1CCCN(CCCNS(=O)(=O)c2ccc(F)c(C(F)(F)F)c2)C1. The Balaban J connectivity index is 1.91. The van der Waals surface area contributed by atoms with Crippen molar-refractivity contribution in [3.8, 4) is 0 Å². The molecule has 1 amide bonds. The molecule has 3 N–H and O–H groups in total. The molecule has 1 atom stereocenters. The van der Waals surface area contributed by atoms with Crippen LogP contribution in [-0.4, -0.2) is 45.4 Å². The van der Waals surface area contributed by atoms with Crippen LogP contribution in [0.5, 0.6) is 0 Å². The molecule has 0 saturated carbocycles. The molecule has 27 heavy (non-hydrogen) atoms. The lowest BCUT2D eigenvalue weighted by molar-refractivity contribution is -0.140. The average molecular weight is 411 g/mol. The normalized spacial score (nSPS) is 19.2. The fraction of sp³-hybridized carbons (Fsp3) is 0.562. The molecule has 0 spiro atoms. The quantitative estimate of drug-likeness (QED) is 0.528. The summed E-state index contributed by atoms with van der Waals surface area (Å²) in [5.74, 6) is -2.12. The summed E-state index contributed by atoms with van der Waals surface area (Å²) in [5.41, 5.74) is 3.67. The van der Waals surface area contributed by atoms with E-state index in [0.29, 0.717) is 25.6 Å². The third-order valence-corrected chi connectivity index (χ3v) is 5.86. The lowest BCUT2D eigenvalue weighted by Crippen LogP contribution is -2.42. The van der Waals surface area contributed by atoms with Gasteiger partial charge in [0, 0.05) is 13.1 Å². The summed E-state index contributed by atoms with van der Waals surface area (Å²) in [4.78, 5) is 12.6. The lowest BCUT2D eigenvalue weighted by Gasteiger charge is -2.31. The molecule has 11 heteroatoms. The maximum Gasteiger partial charge on any atom is 0.419 e. The molecule has 1 fully saturated rings. The van der Waals surface area contributed by atoms with Gasteiger partial charge < -0.3 is 10.6 Å². The van der Waals surface area contributed by atoms with E-state index in [4.69, 9.17) is 5.73 Å². The summed E-state index contributed by atoms with van der Waals surface area (Å²) in [6.07, 6.45) is -3.04. The average Bonchev–Trinajstić information content (AvgIpc) is 2.58. The number of nitrogens with one attached hydrogen (secondary N) is 1. The Morgan fingerprint density at radius 1 is 1.33 bits per heavy atom. The Hall–Kier alpha value is -1.72. The van der Waals surface area contributed by atoms with E-state index in [2.05, 4.69) is 4.72 Å². The van der Waals surface area contributed by atoms with Crippen LogP contribution in [0.1, 0.15) is 24.8 Å². The second-order valence-corrected chi connectivity index (χ2v) is 8.20. The van der Waals surface area contributed by atoms with Crippen LogP contribution >= 0.6 is 0 Å². The molecule has 1 aromatic carbocycles. The largest absolute Gasteiger partial charge is 0.419 e. The molecule has 1 aliphatic heterocycles. The van der Waals surface area contributed by atoms with Crippen LogP contribution in [0.4, 0.5) is 17.6 Å². The number of hydrogen-bond acceptors (Lipinski definition) is 4. The molecular formula is C16H21F4N3O3S. The van der Waals surface area contributed by atoms with Gasteiger partial charge in [-0.3, -0.25) is 4.79 Å². The van der Waals surface area contributed by atoms with Gasteiger partial charge in [-0.25, -0.2) is 17.5 Å².